The van der Waals surface area contributed by atoms with Gasteiger partial charge in [-0.2, -0.15) is 12.5 Å². The molecule has 0 aliphatic heterocycles. The zero-order valence-corrected chi connectivity index (χ0v) is 13.5. The van der Waals surface area contributed by atoms with E-state index in [-0.39, 0.29) is 0 Å². The van der Waals surface area contributed by atoms with Crippen LogP contribution >= 0.6 is 0 Å². The van der Waals surface area contributed by atoms with Gasteiger partial charge in [0.25, 0.3) is 0 Å². The molecule has 1 aromatic rings. The fraction of sp³-hybridized carbons (Fsp3) is 0.650. The summed E-state index contributed by atoms with van der Waals surface area (Å²) in [5, 5.41) is 0. The fourth-order valence-corrected chi connectivity index (χ4v) is 4.36. The van der Waals surface area contributed by atoms with E-state index in [2.05, 4.69) is 19.1 Å². The number of hydrogen-bond acceptors (Lipinski definition) is 1. The Bertz CT molecular complexity index is 426. The first-order chi connectivity index (χ1) is 10.3. The summed E-state index contributed by atoms with van der Waals surface area (Å²) < 4.78 is 5.60. The van der Waals surface area contributed by atoms with Crippen LogP contribution in [0, 0.1) is 6.92 Å². The van der Waals surface area contributed by atoms with Gasteiger partial charge in [0.15, 0.2) is 0 Å². The molecule has 0 unspecified atom stereocenters. The second-order valence-electron chi connectivity index (χ2n) is 6.95. The van der Waals surface area contributed by atoms with Crippen molar-refractivity contribution >= 4 is 0 Å². The van der Waals surface area contributed by atoms with E-state index >= 15 is 0 Å². The molecule has 3 rings (SSSR count). The van der Waals surface area contributed by atoms with Gasteiger partial charge < -0.3 is 4.74 Å². The second-order valence-corrected chi connectivity index (χ2v) is 6.95. The molecule has 0 aromatic heterocycles. The fourth-order valence-electron chi connectivity index (χ4n) is 4.36. The molecule has 0 bridgehead atoms. The van der Waals surface area contributed by atoms with Gasteiger partial charge in [-0.05, 0) is 0 Å². The third kappa shape index (κ3) is 3.22. The molecular formula is C20H29O-. The molecule has 2 saturated carbocycles. The third-order valence-electron chi connectivity index (χ3n) is 5.62. The first-order valence-electron chi connectivity index (χ1n) is 8.83. The third-order valence-corrected chi connectivity index (χ3v) is 5.62. The number of methoxy groups -OCH3 is 1. The molecule has 2 aliphatic rings. The van der Waals surface area contributed by atoms with Gasteiger partial charge >= 0.3 is 0 Å². The van der Waals surface area contributed by atoms with E-state index in [9.17, 15) is 0 Å². The Hall–Kier alpha value is -1.11. The molecule has 1 nitrogen and oxygen atoms in total. The highest BCUT2D eigenvalue weighted by Crippen LogP contribution is 2.41. The number of rotatable bonds is 3. The largest absolute Gasteiger partial charge is 0.499 e. The summed E-state index contributed by atoms with van der Waals surface area (Å²) in [5.41, 5.74) is 4.29. The predicted molar refractivity (Wildman–Crippen MR) is 89.1 cm³/mol. The van der Waals surface area contributed by atoms with E-state index in [1.807, 2.05) is 0 Å². The van der Waals surface area contributed by atoms with Gasteiger partial charge in [0, 0.05) is 0 Å². The highest BCUT2D eigenvalue weighted by Gasteiger charge is 2.18. The van der Waals surface area contributed by atoms with E-state index in [1.165, 1.54) is 80.9 Å². The minimum absolute atomic E-state index is 0.712. The standard InChI is InChI=1S/C20H29O/c1-15-19(16-9-5-3-6-10-16)13-18(21-2)14-20(15)17-11-7-4-8-12-17/h13-14,16-17H,1,3-12H2,2H3/q-1. The molecule has 0 radical (unpaired) electrons. The molecule has 0 amide bonds. The molecular weight excluding hydrogens is 256 g/mol. The van der Waals surface area contributed by atoms with Crippen LogP contribution in [0.4, 0.5) is 0 Å². The second kappa shape index (κ2) is 6.77. The van der Waals surface area contributed by atoms with Crippen molar-refractivity contribution < 1.29 is 4.74 Å². The Balaban J connectivity index is 1.94. The van der Waals surface area contributed by atoms with Crippen molar-refractivity contribution in [2.24, 2.45) is 0 Å². The molecule has 0 atom stereocenters. The van der Waals surface area contributed by atoms with Crippen LogP contribution in [0.3, 0.4) is 0 Å². The first kappa shape index (κ1) is 14.8. The molecule has 2 fully saturated rings. The lowest BCUT2D eigenvalue weighted by Crippen LogP contribution is -2.11. The molecule has 116 valence electrons. The molecule has 0 saturated heterocycles. The molecule has 0 heterocycles. The van der Waals surface area contributed by atoms with Gasteiger partial charge in [0.05, 0.1) is 12.9 Å². The van der Waals surface area contributed by atoms with Crippen molar-refractivity contribution in [1.29, 1.82) is 0 Å². The minimum atomic E-state index is 0.712. The van der Waals surface area contributed by atoms with E-state index in [0.717, 1.165) is 5.75 Å². The number of benzene rings is 1. The van der Waals surface area contributed by atoms with Crippen LogP contribution in [-0.4, -0.2) is 7.11 Å². The van der Waals surface area contributed by atoms with Crippen molar-refractivity contribution in [1.82, 2.24) is 0 Å². The van der Waals surface area contributed by atoms with E-state index in [0.29, 0.717) is 11.8 Å². The summed E-state index contributed by atoms with van der Waals surface area (Å²) >= 11 is 0. The summed E-state index contributed by atoms with van der Waals surface area (Å²) in [7, 11) is 1.80. The number of ether oxygens (including phenoxy) is 1. The molecule has 0 spiro atoms. The average Bonchev–Trinajstić information content (AvgIpc) is 2.57. The maximum absolute atomic E-state index is 5.60. The van der Waals surface area contributed by atoms with E-state index in [1.54, 1.807) is 7.11 Å². The van der Waals surface area contributed by atoms with Crippen LogP contribution in [-0.2, 0) is 0 Å². The minimum Gasteiger partial charge on any atom is -0.499 e. The Kier molecular flexibility index (Phi) is 4.77. The Morgan fingerprint density at radius 1 is 0.810 bits per heavy atom. The predicted octanol–water partition coefficient (Wildman–Crippen LogP) is 5.97. The molecule has 21 heavy (non-hydrogen) atoms. The van der Waals surface area contributed by atoms with Gasteiger partial charge in [0.2, 0.25) is 0 Å². The molecule has 2 aliphatic carbocycles. The topological polar surface area (TPSA) is 9.23 Å². The lowest BCUT2D eigenvalue weighted by atomic mass is 9.77. The van der Waals surface area contributed by atoms with Crippen molar-refractivity contribution in [2.75, 3.05) is 7.11 Å². The summed E-state index contributed by atoms with van der Waals surface area (Å²) in [6.07, 6.45) is 13.6. The summed E-state index contributed by atoms with van der Waals surface area (Å²) in [6, 6.07) is 4.54. The number of hydrogen-bond donors (Lipinski definition) is 0. The van der Waals surface area contributed by atoms with Gasteiger partial charge in [-0.25, -0.2) is 0 Å². The SMILES string of the molecule is [CH2-]c1c(C2CCCCC2)cc(OC)cc1C1CCCCC1. The zero-order chi connectivity index (χ0) is 14.7. The highest BCUT2D eigenvalue weighted by atomic mass is 16.5. The Labute approximate surface area is 130 Å². The van der Waals surface area contributed by atoms with Gasteiger partial charge in [-0.3, -0.25) is 0 Å². The normalized spacial score (nSPS) is 21.4. The van der Waals surface area contributed by atoms with Crippen molar-refractivity contribution in [3.63, 3.8) is 0 Å². The average molecular weight is 285 g/mol. The zero-order valence-electron chi connectivity index (χ0n) is 13.5. The van der Waals surface area contributed by atoms with Crippen molar-refractivity contribution in [3.8, 4) is 5.75 Å². The lowest BCUT2D eigenvalue weighted by molar-refractivity contribution is 0.403. The Morgan fingerprint density at radius 2 is 1.24 bits per heavy atom. The van der Waals surface area contributed by atoms with Crippen LogP contribution in [0.1, 0.15) is 92.7 Å². The molecule has 0 N–H and O–H groups in total. The monoisotopic (exact) mass is 285 g/mol. The quantitative estimate of drug-likeness (QED) is 0.621. The van der Waals surface area contributed by atoms with Crippen LogP contribution in [0.25, 0.3) is 0 Å². The highest BCUT2D eigenvalue weighted by molar-refractivity contribution is 5.47. The molecule has 1 aromatic carbocycles. The van der Waals surface area contributed by atoms with Crippen LogP contribution in [0.5, 0.6) is 5.75 Å². The lowest BCUT2D eigenvalue weighted by Gasteiger charge is -2.35. The van der Waals surface area contributed by atoms with Gasteiger partial charge in [0.1, 0.15) is 0 Å². The van der Waals surface area contributed by atoms with E-state index in [4.69, 9.17) is 4.74 Å². The van der Waals surface area contributed by atoms with Crippen LogP contribution in [0.15, 0.2) is 12.1 Å². The summed E-state index contributed by atoms with van der Waals surface area (Å²) in [5.74, 6) is 2.47. The van der Waals surface area contributed by atoms with E-state index < -0.39 is 0 Å². The van der Waals surface area contributed by atoms with Crippen molar-refractivity contribution in [3.05, 3.63) is 35.7 Å². The maximum atomic E-state index is 5.60. The first-order valence-corrected chi connectivity index (χ1v) is 8.83. The summed E-state index contributed by atoms with van der Waals surface area (Å²) in [6.45, 7) is 4.49. The van der Waals surface area contributed by atoms with Crippen LogP contribution < -0.4 is 4.74 Å². The van der Waals surface area contributed by atoms with Gasteiger partial charge in [-0.15, -0.1) is 11.1 Å². The summed E-state index contributed by atoms with van der Waals surface area (Å²) in [4.78, 5) is 0. The Morgan fingerprint density at radius 3 is 1.62 bits per heavy atom. The molecule has 1 heteroatoms. The smallest absolute Gasteiger partial charge is 0.0949 e. The van der Waals surface area contributed by atoms with Crippen molar-refractivity contribution in [2.45, 2.75) is 76.0 Å². The van der Waals surface area contributed by atoms with Crippen LogP contribution in [0.2, 0.25) is 0 Å². The van der Waals surface area contributed by atoms with Gasteiger partial charge in [-0.1, -0.05) is 88.2 Å². The maximum Gasteiger partial charge on any atom is 0.0949 e.